The monoisotopic (exact) mass is 459 g/mol. The highest BCUT2D eigenvalue weighted by molar-refractivity contribution is 6.33. The number of amides is 1. The van der Waals surface area contributed by atoms with E-state index in [1.807, 2.05) is 57.2 Å². The van der Waals surface area contributed by atoms with Crippen molar-refractivity contribution in [2.24, 2.45) is 0 Å². The van der Waals surface area contributed by atoms with Crippen LogP contribution in [0.5, 0.6) is 0 Å². The van der Waals surface area contributed by atoms with Crippen molar-refractivity contribution in [2.45, 2.75) is 33.2 Å². The lowest BCUT2D eigenvalue weighted by molar-refractivity contribution is 0.0717. The highest BCUT2D eigenvalue weighted by atomic mass is 35.5. The first-order chi connectivity index (χ1) is 15.8. The summed E-state index contributed by atoms with van der Waals surface area (Å²) in [7, 11) is 1.73. The molecule has 4 rings (SSSR count). The maximum Gasteiger partial charge on any atom is 0.266 e. The van der Waals surface area contributed by atoms with Gasteiger partial charge in [0.25, 0.3) is 11.5 Å². The van der Waals surface area contributed by atoms with Crippen molar-refractivity contribution in [3.8, 4) is 5.69 Å². The zero-order chi connectivity index (χ0) is 23.7. The molecule has 0 aliphatic carbocycles. The van der Waals surface area contributed by atoms with E-state index in [0.29, 0.717) is 33.7 Å². The minimum atomic E-state index is -0.438. The molecule has 1 heterocycles. The molecule has 6 heteroatoms. The van der Waals surface area contributed by atoms with Gasteiger partial charge >= 0.3 is 0 Å². The van der Waals surface area contributed by atoms with E-state index in [1.54, 1.807) is 46.8 Å². The van der Waals surface area contributed by atoms with Gasteiger partial charge in [0.1, 0.15) is 5.82 Å². The van der Waals surface area contributed by atoms with Crippen molar-refractivity contribution in [1.29, 1.82) is 0 Å². The molecule has 4 aromatic rings. The SMILES string of the molecule is CCC(c1nc2ccccc2c(=O)n1-c1ccc(C)cc1C)N(C)C(=O)c1ccccc1Cl. The Hall–Kier alpha value is -3.44. The van der Waals surface area contributed by atoms with Gasteiger partial charge in [0.05, 0.1) is 33.2 Å². The van der Waals surface area contributed by atoms with E-state index in [0.717, 1.165) is 16.8 Å². The fourth-order valence-corrected chi connectivity index (χ4v) is 4.47. The Morgan fingerprint density at radius 1 is 1.06 bits per heavy atom. The molecule has 0 fully saturated rings. The smallest absolute Gasteiger partial charge is 0.266 e. The third-order valence-corrected chi connectivity index (χ3v) is 6.30. The van der Waals surface area contributed by atoms with Crippen LogP contribution in [-0.4, -0.2) is 27.4 Å². The Morgan fingerprint density at radius 3 is 2.45 bits per heavy atom. The number of aryl methyl sites for hydroxylation is 2. The molecule has 0 aliphatic heterocycles. The average Bonchev–Trinajstić information content (AvgIpc) is 2.80. The molecule has 0 saturated heterocycles. The summed E-state index contributed by atoms with van der Waals surface area (Å²) in [6, 6.07) is 19.8. The van der Waals surface area contributed by atoms with Crippen LogP contribution in [0.15, 0.2) is 71.5 Å². The normalized spacial score (nSPS) is 12.0. The van der Waals surface area contributed by atoms with Crippen LogP contribution in [0.4, 0.5) is 0 Å². The molecule has 0 bridgehead atoms. The Balaban J connectivity index is 1.95. The standard InChI is InChI=1S/C27H26ClN3O2/c1-5-23(30(4)26(32)19-10-6-8-12-21(19)28)25-29-22-13-9-7-11-20(22)27(33)31(25)24-15-14-17(2)16-18(24)3/h6-16,23H,5H2,1-4H3. The van der Waals surface area contributed by atoms with Gasteiger partial charge in [0.15, 0.2) is 0 Å². The molecular formula is C27H26ClN3O2. The van der Waals surface area contributed by atoms with Crippen molar-refractivity contribution in [3.05, 3.63) is 105 Å². The highest BCUT2D eigenvalue weighted by Crippen LogP contribution is 2.28. The number of carbonyl (C=O) groups excluding carboxylic acids is 1. The molecular weight excluding hydrogens is 434 g/mol. The molecule has 1 atom stereocenters. The van der Waals surface area contributed by atoms with E-state index in [1.165, 1.54) is 0 Å². The molecule has 5 nitrogen and oxygen atoms in total. The lowest BCUT2D eigenvalue weighted by atomic mass is 10.1. The average molecular weight is 460 g/mol. The fraction of sp³-hybridized carbons (Fsp3) is 0.222. The summed E-state index contributed by atoms with van der Waals surface area (Å²) >= 11 is 6.30. The number of fused-ring (bicyclic) bond motifs is 1. The lowest BCUT2D eigenvalue weighted by Gasteiger charge is -2.29. The maximum absolute atomic E-state index is 13.7. The first kappa shape index (κ1) is 22.7. The number of halogens is 1. The van der Waals surface area contributed by atoms with E-state index in [2.05, 4.69) is 0 Å². The quantitative estimate of drug-likeness (QED) is 0.374. The number of hydrogen-bond donors (Lipinski definition) is 0. The summed E-state index contributed by atoms with van der Waals surface area (Å²) < 4.78 is 1.65. The van der Waals surface area contributed by atoms with Gasteiger partial charge in [0.2, 0.25) is 0 Å². The van der Waals surface area contributed by atoms with Crippen molar-refractivity contribution in [2.75, 3.05) is 7.05 Å². The third-order valence-electron chi connectivity index (χ3n) is 5.97. The number of nitrogens with zero attached hydrogens (tertiary/aromatic N) is 3. The van der Waals surface area contributed by atoms with Crippen LogP contribution in [0.1, 0.15) is 46.7 Å². The predicted octanol–water partition coefficient (Wildman–Crippen LogP) is 5.88. The van der Waals surface area contributed by atoms with Crippen molar-refractivity contribution in [3.63, 3.8) is 0 Å². The number of carbonyl (C=O) groups is 1. The van der Waals surface area contributed by atoms with Crippen LogP contribution in [-0.2, 0) is 0 Å². The second-order valence-corrected chi connectivity index (χ2v) is 8.64. The van der Waals surface area contributed by atoms with Crippen LogP contribution in [0.3, 0.4) is 0 Å². The van der Waals surface area contributed by atoms with Gasteiger partial charge in [-0.05, 0) is 56.2 Å². The minimum Gasteiger partial charge on any atom is -0.331 e. The molecule has 0 spiro atoms. The van der Waals surface area contributed by atoms with E-state index >= 15 is 0 Å². The number of aromatic nitrogens is 2. The summed E-state index contributed by atoms with van der Waals surface area (Å²) in [4.78, 5) is 33.6. The number of benzene rings is 3. The van der Waals surface area contributed by atoms with Crippen molar-refractivity contribution < 1.29 is 4.79 Å². The van der Waals surface area contributed by atoms with E-state index in [-0.39, 0.29) is 11.5 Å². The van der Waals surface area contributed by atoms with Gasteiger partial charge in [-0.2, -0.15) is 0 Å². The third kappa shape index (κ3) is 4.16. The van der Waals surface area contributed by atoms with Crippen molar-refractivity contribution in [1.82, 2.24) is 14.5 Å². The van der Waals surface area contributed by atoms with Crippen LogP contribution < -0.4 is 5.56 Å². The number of rotatable bonds is 5. The van der Waals surface area contributed by atoms with Crippen LogP contribution in [0, 0.1) is 13.8 Å². The first-order valence-corrected chi connectivity index (χ1v) is 11.3. The van der Waals surface area contributed by atoms with E-state index in [9.17, 15) is 9.59 Å². The van der Waals surface area contributed by atoms with Gasteiger partial charge in [0, 0.05) is 7.05 Å². The van der Waals surface area contributed by atoms with Gasteiger partial charge in [-0.1, -0.05) is 60.5 Å². The summed E-state index contributed by atoms with van der Waals surface area (Å²) in [5.74, 6) is 0.304. The molecule has 0 radical (unpaired) electrons. The Kier molecular flexibility index (Phi) is 6.34. The van der Waals surface area contributed by atoms with Gasteiger partial charge < -0.3 is 4.90 Å². The zero-order valence-electron chi connectivity index (χ0n) is 19.2. The number of para-hydroxylation sites is 1. The summed E-state index contributed by atoms with van der Waals surface area (Å²) in [5, 5.41) is 0.929. The van der Waals surface area contributed by atoms with Gasteiger partial charge in [-0.3, -0.25) is 14.2 Å². The molecule has 33 heavy (non-hydrogen) atoms. The van der Waals surface area contributed by atoms with E-state index < -0.39 is 6.04 Å². The van der Waals surface area contributed by atoms with Crippen LogP contribution in [0.25, 0.3) is 16.6 Å². The predicted molar refractivity (Wildman–Crippen MR) is 133 cm³/mol. The fourth-order valence-electron chi connectivity index (χ4n) is 4.26. The second-order valence-electron chi connectivity index (χ2n) is 8.24. The second kappa shape index (κ2) is 9.20. The van der Waals surface area contributed by atoms with Gasteiger partial charge in [-0.15, -0.1) is 0 Å². The molecule has 1 unspecified atom stereocenters. The molecule has 0 saturated carbocycles. The Labute approximate surface area is 198 Å². The maximum atomic E-state index is 13.7. The highest BCUT2D eigenvalue weighted by Gasteiger charge is 2.28. The molecule has 1 aromatic heterocycles. The zero-order valence-corrected chi connectivity index (χ0v) is 19.9. The molecule has 0 N–H and O–H groups in total. The topological polar surface area (TPSA) is 55.2 Å². The van der Waals surface area contributed by atoms with Crippen molar-refractivity contribution >= 4 is 28.4 Å². The molecule has 1 amide bonds. The van der Waals surface area contributed by atoms with Crippen LogP contribution >= 0.6 is 11.6 Å². The minimum absolute atomic E-state index is 0.153. The molecule has 0 aliphatic rings. The first-order valence-electron chi connectivity index (χ1n) is 10.9. The largest absolute Gasteiger partial charge is 0.331 e. The summed E-state index contributed by atoms with van der Waals surface area (Å²) in [6.45, 7) is 5.98. The van der Waals surface area contributed by atoms with Gasteiger partial charge in [-0.25, -0.2) is 4.98 Å². The summed E-state index contributed by atoms with van der Waals surface area (Å²) in [6.07, 6.45) is 0.572. The molecule has 168 valence electrons. The lowest BCUT2D eigenvalue weighted by Crippen LogP contribution is -2.36. The summed E-state index contributed by atoms with van der Waals surface area (Å²) in [5.41, 5.74) is 3.70. The Bertz CT molecular complexity index is 1410. The Morgan fingerprint density at radius 2 is 1.76 bits per heavy atom. The van der Waals surface area contributed by atoms with E-state index in [4.69, 9.17) is 16.6 Å². The molecule has 3 aromatic carbocycles. The number of hydrogen-bond acceptors (Lipinski definition) is 3. The van der Waals surface area contributed by atoms with Crippen LogP contribution in [0.2, 0.25) is 5.02 Å².